The highest BCUT2D eigenvalue weighted by molar-refractivity contribution is 7.10. The zero-order valence-electron chi connectivity index (χ0n) is 5.80. The van der Waals surface area contributed by atoms with Gasteiger partial charge in [-0.1, -0.05) is 11.6 Å². The Morgan fingerprint density at radius 3 is 2.73 bits per heavy atom. The van der Waals surface area contributed by atoms with Crippen LogP contribution in [0.25, 0.3) is 0 Å². The lowest BCUT2D eigenvalue weighted by atomic mass is 9.96. The molecule has 1 aromatic heterocycles. The first-order chi connectivity index (χ1) is 5.21. The van der Waals surface area contributed by atoms with Gasteiger partial charge in [-0.2, -0.15) is 0 Å². The summed E-state index contributed by atoms with van der Waals surface area (Å²) in [6, 6.07) is 1.83. The fourth-order valence-electron chi connectivity index (χ4n) is 1.09. The van der Waals surface area contributed by atoms with E-state index in [4.69, 9.17) is 11.6 Å². The molecule has 1 aliphatic rings. The van der Waals surface area contributed by atoms with Crippen molar-refractivity contribution in [3.8, 4) is 0 Å². The summed E-state index contributed by atoms with van der Waals surface area (Å²) in [5.41, 5.74) is -0.641. The fourth-order valence-corrected chi connectivity index (χ4v) is 2.27. The second-order valence-corrected chi connectivity index (χ2v) is 4.11. The Balaban J connectivity index is 2.28. The first-order valence-electron chi connectivity index (χ1n) is 3.38. The Morgan fingerprint density at radius 2 is 2.36 bits per heavy atom. The second kappa shape index (κ2) is 2.45. The van der Waals surface area contributed by atoms with Gasteiger partial charge in [0.15, 0.2) is 0 Å². The average Bonchev–Trinajstić information content (AvgIpc) is 2.31. The van der Waals surface area contributed by atoms with E-state index in [1.54, 1.807) is 0 Å². The van der Waals surface area contributed by atoms with Gasteiger partial charge in [-0.05, 0) is 6.07 Å². The van der Waals surface area contributed by atoms with Crippen LogP contribution in [0.3, 0.4) is 0 Å². The highest BCUT2D eigenvalue weighted by Gasteiger charge is 2.37. The van der Waals surface area contributed by atoms with Crippen LogP contribution in [-0.4, -0.2) is 18.2 Å². The Morgan fingerprint density at radius 1 is 1.64 bits per heavy atom. The van der Waals surface area contributed by atoms with Crippen LogP contribution in [-0.2, 0) is 5.60 Å². The fraction of sp³-hybridized carbons (Fsp3) is 0.429. The molecule has 2 nitrogen and oxygen atoms in total. The average molecular weight is 190 g/mol. The first-order valence-corrected chi connectivity index (χ1v) is 4.64. The maximum atomic E-state index is 9.78. The zero-order chi connectivity index (χ0) is 7.90. The Labute approximate surface area is 73.8 Å². The van der Waals surface area contributed by atoms with Crippen LogP contribution < -0.4 is 5.32 Å². The Hall–Kier alpha value is -0.0900. The molecule has 1 aliphatic heterocycles. The normalized spacial score (nSPS) is 21.3. The van der Waals surface area contributed by atoms with Gasteiger partial charge in [0.1, 0.15) is 5.60 Å². The largest absolute Gasteiger partial charge is 0.382 e. The van der Waals surface area contributed by atoms with E-state index in [0.29, 0.717) is 18.1 Å². The summed E-state index contributed by atoms with van der Waals surface area (Å²) in [6.07, 6.45) is 0. The van der Waals surface area contributed by atoms with Crippen LogP contribution in [0.1, 0.15) is 4.88 Å². The molecule has 1 fully saturated rings. The molecule has 0 unspecified atom stereocenters. The molecule has 0 atom stereocenters. The van der Waals surface area contributed by atoms with Crippen molar-refractivity contribution in [3.05, 3.63) is 21.3 Å². The standard InChI is InChI=1S/C7H8ClNOS/c8-5-1-6(11-2-5)7(10)3-9-4-7/h1-2,9-10H,3-4H2. The lowest BCUT2D eigenvalue weighted by Crippen LogP contribution is -2.56. The van der Waals surface area contributed by atoms with Gasteiger partial charge in [-0.25, -0.2) is 0 Å². The predicted octanol–water partition coefficient (Wildman–Crippen LogP) is 1.19. The van der Waals surface area contributed by atoms with Crippen LogP contribution in [0.4, 0.5) is 0 Å². The van der Waals surface area contributed by atoms with E-state index < -0.39 is 5.60 Å². The van der Waals surface area contributed by atoms with Crippen LogP contribution in [0, 0.1) is 0 Å². The van der Waals surface area contributed by atoms with E-state index in [0.717, 1.165) is 4.88 Å². The van der Waals surface area contributed by atoms with Crippen molar-refractivity contribution in [2.24, 2.45) is 0 Å². The van der Waals surface area contributed by atoms with Crippen molar-refractivity contribution in [3.63, 3.8) is 0 Å². The smallest absolute Gasteiger partial charge is 0.123 e. The molecule has 0 radical (unpaired) electrons. The van der Waals surface area contributed by atoms with Gasteiger partial charge in [0, 0.05) is 23.3 Å². The van der Waals surface area contributed by atoms with Crippen molar-refractivity contribution in [1.29, 1.82) is 0 Å². The van der Waals surface area contributed by atoms with Gasteiger partial charge in [0.25, 0.3) is 0 Å². The van der Waals surface area contributed by atoms with Crippen molar-refractivity contribution in [2.45, 2.75) is 5.60 Å². The van der Waals surface area contributed by atoms with E-state index in [1.165, 1.54) is 11.3 Å². The molecule has 2 heterocycles. The maximum Gasteiger partial charge on any atom is 0.123 e. The monoisotopic (exact) mass is 189 g/mol. The zero-order valence-corrected chi connectivity index (χ0v) is 7.37. The molecule has 4 heteroatoms. The van der Waals surface area contributed by atoms with Gasteiger partial charge in [-0.15, -0.1) is 11.3 Å². The molecule has 2 rings (SSSR count). The van der Waals surface area contributed by atoms with E-state index in [2.05, 4.69) is 5.32 Å². The minimum Gasteiger partial charge on any atom is -0.382 e. The topological polar surface area (TPSA) is 32.3 Å². The third-order valence-corrected chi connectivity index (χ3v) is 3.33. The molecule has 0 amide bonds. The summed E-state index contributed by atoms with van der Waals surface area (Å²) in [4.78, 5) is 0.959. The molecule has 1 aromatic rings. The molecule has 1 saturated heterocycles. The summed E-state index contributed by atoms with van der Waals surface area (Å²) in [5.74, 6) is 0. The summed E-state index contributed by atoms with van der Waals surface area (Å²) in [6.45, 7) is 1.29. The number of aliphatic hydroxyl groups is 1. The van der Waals surface area contributed by atoms with Crippen LogP contribution in [0.5, 0.6) is 0 Å². The summed E-state index contributed by atoms with van der Waals surface area (Å²) >= 11 is 7.24. The van der Waals surface area contributed by atoms with Gasteiger partial charge in [0.05, 0.1) is 5.02 Å². The van der Waals surface area contributed by atoms with Crippen molar-refractivity contribution in [1.82, 2.24) is 5.32 Å². The maximum absolute atomic E-state index is 9.78. The molecule has 60 valence electrons. The summed E-state index contributed by atoms with van der Waals surface area (Å²) in [5, 5.41) is 15.4. The van der Waals surface area contributed by atoms with Gasteiger partial charge >= 0.3 is 0 Å². The van der Waals surface area contributed by atoms with Crippen molar-refractivity contribution < 1.29 is 5.11 Å². The number of hydrogen-bond donors (Lipinski definition) is 2. The van der Waals surface area contributed by atoms with E-state index in [1.807, 2.05) is 11.4 Å². The first kappa shape index (κ1) is 7.55. The molecule has 0 spiro atoms. The second-order valence-electron chi connectivity index (χ2n) is 2.76. The van der Waals surface area contributed by atoms with Crippen molar-refractivity contribution in [2.75, 3.05) is 13.1 Å². The highest BCUT2D eigenvalue weighted by atomic mass is 35.5. The number of β-amino-alcohol motifs (C(OH)–C–C–N with tert-alkyl or cyclic N) is 1. The SMILES string of the molecule is OC1(c2cc(Cl)cs2)CNC1. The van der Waals surface area contributed by atoms with Gasteiger partial charge in [-0.3, -0.25) is 0 Å². The van der Waals surface area contributed by atoms with Crippen molar-refractivity contribution >= 4 is 22.9 Å². The number of halogens is 1. The van der Waals surface area contributed by atoms with Crippen LogP contribution in [0.2, 0.25) is 5.02 Å². The quantitative estimate of drug-likeness (QED) is 0.696. The lowest BCUT2D eigenvalue weighted by Gasteiger charge is -2.36. The number of thiophene rings is 1. The number of nitrogens with one attached hydrogen (secondary N) is 1. The third kappa shape index (κ3) is 1.18. The Kier molecular flexibility index (Phi) is 1.68. The third-order valence-electron chi connectivity index (χ3n) is 1.86. The predicted molar refractivity (Wildman–Crippen MR) is 46.1 cm³/mol. The minimum absolute atomic E-state index is 0.641. The van der Waals surface area contributed by atoms with Crippen LogP contribution >= 0.6 is 22.9 Å². The van der Waals surface area contributed by atoms with E-state index >= 15 is 0 Å². The lowest BCUT2D eigenvalue weighted by molar-refractivity contribution is -0.0112. The van der Waals surface area contributed by atoms with Gasteiger partial charge in [0.2, 0.25) is 0 Å². The minimum atomic E-state index is -0.641. The molecule has 2 N–H and O–H groups in total. The molecule has 0 aliphatic carbocycles. The van der Waals surface area contributed by atoms with Crippen LogP contribution in [0.15, 0.2) is 11.4 Å². The molecule has 0 saturated carbocycles. The molecular formula is C7H8ClNOS. The van der Waals surface area contributed by atoms with Gasteiger partial charge < -0.3 is 10.4 Å². The molecule has 11 heavy (non-hydrogen) atoms. The molecule has 0 aromatic carbocycles. The molecule has 0 bridgehead atoms. The van der Waals surface area contributed by atoms with E-state index in [-0.39, 0.29) is 0 Å². The highest BCUT2D eigenvalue weighted by Crippen LogP contribution is 2.32. The van der Waals surface area contributed by atoms with E-state index in [9.17, 15) is 5.11 Å². The summed E-state index contributed by atoms with van der Waals surface area (Å²) < 4.78 is 0. The molecular weight excluding hydrogens is 182 g/mol. The Bertz CT molecular complexity index is 269. The number of rotatable bonds is 1. The number of hydrogen-bond acceptors (Lipinski definition) is 3. The summed E-state index contributed by atoms with van der Waals surface area (Å²) in [7, 11) is 0.